The Morgan fingerprint density at radius 3 is 3.00 bits per heavy atom. The van der Waals surface area contributed by atoms with Gasteiger partial charge in [0.2, 0.25) is 5.91 Å². The molecule has 0 unspecified atom stereocenters. The largest absolute Gasteiger partial charge is 0.393 e. The molecule has 0 radical (unpaired) electrons. The van der Waals surface area contributed by atoms with E-state index in [1.54, 1.807) is 4.90 Å². The molecule has 1 amide bonds. The Hall–Kier alpha value is -1.88. The number of hydrogen-bond acceptors (Lipinski definition) is 3. The third-order valence-corrected chi connectivity index (χ3v) is 4.82. The van der Waals surface area contributed by atoms with Gasteiger partial charge in [-0.2, -0.15) is 0 Å². The molecule has 124 valence electrons. The monoisotopic (exact) mass is 315 g/mol. The quantitative estimate of drug-likeness (QED) is 0.910. The maximum Gasteiger partial charge on any atom is 0.225 e. The first-order valence-corrected chi connectivity index (χ1v) is 8.42. The molecule has 0 saturated heterocycles. The van der Waals surface area contributed by atoms with Gasteiger partial charge >= 0.3 is 0 Å². The fraction of sp³-hybridized carbons (Fsp3) is 0.556. The van der Waals surface area contributed by atoms with Crippen LogP contribution >= 0.6 is 0 Å². The highest BCUT2D eigenvalue weighted by Gasteiger charge is 2.28. The van der Waals surface area contributed by atoms with E-state index in [4.69, 9.17) is 0 Å². The number of aromatic amines is 1. The number of para-hydroxylation sites is 1. The van der Waals surface area contributed by atoms with Crippen molar-refractivity contribution in [2.45, 2.75) is 45.1 Å². The zero-order valence-electron chi connectivity index (χ0n) is 13.9. The summed E-state index contributed by atoms with van der Waals surface area (Å²) in [5.74, 6) is 1.04. The van der Waals surface area contributed by atoms with E-state index in [1.807, 2.05) is 19.2 Å². The van der Waals surface area contributed by atoms with Crippen LogP contribution in [0, 0.1) is 12.8 Å². The number of amides is 1. The van der Waals surface area contributed by atoms with Crippen molar-refractivity contribution in [1.29, 1.82) is 0 Å². The molecule has 1 aromatic heterocycles. The van der Waals surface area contributed by atoms with Crippen molar-refractivity contribution in [3.63, 3.8) is 0 Å². The predicted molar refractivity (Wildman–Crippen MR) is 90.1 cm³/mol. The minimum absolute atomic E-state index is 0.0262. The van der Waals surface area contributed by atoms with Gasteiger partial charge in [-0.3, -0.25) is 4.79 Å². The molecule has 1 fully saturated rings. The molecule has 1 aromatic carbocycles. The molecule has 2 aromatic rings. The molecule has 1 aliphatic rings. The highest BCUT2D eigenvalue weighted by Crippen LogP contribution is 2.25. The summed E-state index contributed by atoms with van der Waals surface area (Å²) >= 11 is 0. The van der Waals surface area contributed by atoms with Crippen LogP contribution in [0.4, 0.5) is 0 Å². The minimum atomic E-state index is -0.315. The first-order chi connectivity index (χ1) is 11.0. The van der Waals surface area contributed by atoms with Gasteiger partial charge in [0, 0.05) is 25.9 Å². The maximum absolute atomic E-state index is 12.5. The predicted octanol–water partition coefficient (Wildman–Crippen LogP) is 2.42. The molecule has 2 N–H and O–H groups in total. The Kier molecular flexibility index (Phi) is 4.66. The number of hydrogen-bond donors (Lipinski definition) is 2. The summed E-state index contributed by atoms with van der Waals surface area (Å²) < 4.78 is 0. The topological polar surface area (TPSA) is 69.2 Å². The van der Waals surface area contributed by atoms with Crippen LogP contribution in [-0.2, 0) is 11.2 Å². The number of aliphatic hydroxyl groups is 1. The van der Waals surface area contributed by atoms with E-state index in [2.05, 4.69) is 23.0 Å². The van der Waals surface area contributed by atoms with E-state index in [1.165, 1.54) is 0 Å². The second-order valence-corrected chi connectivity index (χ2v) is 6.68. The van der Waals surface area contributed by atoms with E-state index in [0.717, 1.165) is 41.7 Å². The lowest BCUT2D eigenvalue weighted by molar-refractivity contribution is -0.136. The third-order valence-electron chi connectivity index (χ3n) is 4.82. The van der Waals surface area contributed by atoms with Gasteiger partial charge in [0.25, 0.3) is 0 Å². The standard InChI is InChI=1S/C18H25N3O2/c1-12-5-3-8-15-17(12)20-16(19-15)9-10-21(2)18(23)13-6-4-7-14(22)11-13/h3,5,8,13-14,22H,4,6-7,9-11H2,1-2H3,(H,19,20)/t13-,14+/m1/s1. The number of fused-ring (bicyclic) bond motifs is 1. The third kappa shape index (κ3) is 3.55. The molecule has 0 bridgehead atoms. The van der Waals surface area contributed by atoms with Gasteiger partial charge in [-0.05, 0) is 37.8 Å². The summed E-state index contributed by atoms with van der Waals surface area (Å²) in [6, 6.07) is 6.10. The molecule has 2 atom stereocenters. The van der Waals surface area contributed by atoms with Gasteiger partial charge in [0.05, 0.1) is 17.1 Å². The summed E-state index contributed by atoms with van der Waals surface area (Å²) in [6.07, 6.45) is 3.66. The first-order valence-electron chi connectivity index (χ1n) is 8.42. The van der Waals surface area contributed by atoms with Gasteiger partial charge in [-0.15, -0.1) is 0 Å². The van der Waals surface area contributed by atoms with Gasteiger partial charge in [0.15, 0.2) is 0 Å². The number of imidazole rings is 1. The number of benzene rings is 1. The number of nitrogens with zero attached hydrogens (tertiary/aromatic N) is 2. The van der Waals surface area contributed by atoms with Gasteiger partial charge in [0.1, 0.15) is 5.82 Å². The smallest absolute Gasteiger partial charge is 0.225 e. The van der Waals surface area contributed by atoms with Gasteiger partial charge < -0.3 is 15.0 Å². The summed E-state index contributed by atoms with van der Waals surface area (Å²) in [5, 5.41) is 9.74. The van der Waals surface area contributed by atoms with Crippen LogP contribution in [0.5, 0.6) is 0 Å². The normalized spacial score (nSPS) is 21.5. The van der Waals surface area contributed by atoms with Crippen LogP contribution in [-0.4, -0.2) is 45.6 Å². The Morgan fingerprint density at radius 1 is 1.43 bits per heavy atom. The molecular weight excluding hydrogens is 290 g/mol. The van der Waals surface area contributed by atoms with Crippen molar-refractivity contribution in [2.75, 3.05) is 13.6 Å². The highest BCUT2D eigenvalue weighted by atomic mass is 16.3. The number of carbonyl (C=O) groups excluding carboxylic acids is 1. The zero-order chi connectivity index (χ0) is 16.4. The molecule has 0 aliphatic heterocycles. The lowest BCUT2D eigenvalue weighted by Gasteiger charge is -2.28. The van der Waals surface area contributed by atoms with Gasteiger partial charge in [-0.1, -0.05) is 18.6 Å². The van der Waals surface area contributed by atoms with Crippen LogP contribution in [0.2, 0.25) is 0 Å². The SMILES string of the molecule is Cc1cccc2[nH]c(CCN(C)C(=O)[C@@H]3CCC[C@H](O)C3)nc12. The van der Waals surface area contributed by atoms with Crippen molar-refractivity contribution < 1.29 is 9.90 Å². The number of aliphatic hydroxyl groups excluding tert-OH is 1. The number of carbonyl (C=O) groups is 1. The van der Waals surface area contributed by atoms with Crippen molar-refractivity contribution in [3.8, 4) is 0 Å². The Labute approximate surface area is 136 Å². The van der Waals surface area contributed by atoms with Crippen molar-refractivity contribution >= 4 is 16.9 Å². The van der Waals surface area contributed by atoms with E-state index in [-0.39, 0.29) is 17.9 Å². The van der Waals surface area contributed by atoms with Gasteiger partial charge in [-0.25, -0.2) is 4.98 Å². The molecular formula is C18H25N3O2. The van der Waals surface area contributed by atoms with Crippen molar-refractivity contribution in [3.05, 3.63) is 29.6 Å². The van der Waals surface area contributed by atoms with E-state index >= 15 is 0 Å². The van der Waals surface area contributed by atoms with Crippen LogP contribution in [0.3, 0.4) is 0 Å². The van der Waals surface area contributed by atoms with Crippen LogP contribution in [0.15, 0.2) is 18.2 Å². The molecule has 1 saturated carbocycles. The van der Waals surface area contributed by atoms with Crippen LogP contribution < -0.4 is 0 Å². The minimum Gasteiger partial charge on any atom is -0.393 e. The number of nitrogens with one attached hydrogen (secondary N) is 1. The highest BCUT2D eigenvalue weighted by molar-refractivity contribution is 5.79. The second-order valence-electron chi connectivity index (χ2n) is 6.68. The summed E-state index contributed by atoms with van der Waals surface area (Å²) in [7, 11) is 1.84. The first kappa shape index (κ1) is 16.0. The fourth-order valence-corrected chi connectivity index (χ4v) is 3.43. The molecule has 23 heavy (non-hydrogen) atoms. The molecule has 0 spiro atoms. The lowest BCUT2D eigenvalue weighted by atomic mass is 9.86. The molecule has 3 rings (SSSR count). The Morgan fingerprint density at radius 2 is 2.26 bits per heavy atom. The van der Waals surface area contributed by atoms with E-state index < -0.39 is 0 Å². The number of aromatic nitrogens is 2. The Bertz CT molecular complexity index is 695. The van der Waals surface area contributed by atoms with Crippen LogP contribution in [0.25, 0.3) is 11.0 Å². The summed E-state index contributed by atoms with van der Waals surface area (Å²) in [5.41, 5.74) is 3.21. The number of likely N-dealkylation sites (N-methyl/N-ethyl adjacent to an activating group) is 1. The lowest BCUT2D eigenvalue weighted by Crippen LogP contribution is -2.37. The van der Waals surface area contributed by atoms with Crippen LogP contribution in [0.1, 0.15) is 37.1 Å². The maximum atomic E-state index is 12.5. The summed E-state index contributed by atoms with van der Waals surface area (Å²) in [4.78, 5) is 22.2. The molecule has 5 nitrogen and oxygen atoms in total. The number of H-pyrrole nitrogens is 1. The Balaban J connectivity index is 1.60. The molecule has 1 aliphatic carbocycles. The summed E-state index contributed by atoms with van der Waals surface area (Å²) in [6.45, 7) is 2.70. The average Bonchev–Trinajstić information content (AvgIpc) is 2.96. The van der Waals surface area contributed by atoms with Crippen molar-refractivity contribution in [2.24, 2.45) is 5.92 Å². The van der Waals surface area contributed by atoms with E-state index in [0.29, 0.717) is 19.4 Å². The average molecular weight is 315 g/mol. The number of aryl methyl sites for hydroxylation is 1. The number of rotatable bonds is 4. The van der Waals surface area contributed by atoms with Crippen molar-refractivity contribution in [1.82, 2.24) is 14.9 Å². The molecule has 1 heterocycles. The second kappa shape index (κ2) is 6.71. The zero-order valence-corrected chi connectivity index (χ0v) is 13.9. The fourth-order valence-electron chi connectivity index (χ4n) is 3.43. The molecule has 5 heteroatoms. The van der Waals surface area contributed by atoms with E-state index in [9.17, 15) is 9.90 Å².